The van der Waals surface area contributed by atoms with E-state index in [0.29, 0.717) is 19.5 Å². The van der Waals surface area contributed by atoms with Gasteiger partial charge in [0.1, 0.15) is 5.75 Å². The molecule has 1 unspecified atom stereocenters. The molecule has 1 amide bonds. The van der Waals surface area contributed by atoms with E-state index in [1.54, 1.807) is 12.1 Å². The number of nitrogens with two attached hydrogens (primary N) is 1. The van der Waals surface area contributed by atoms with Gasteiger partial charge in [0.15, 0.2) is 0 Å². The molecule has 0 aliphatic heterocycles. The first kappa shape index (κ1) is 17.4. The Kier molecular flexibility index (Phi) is 7.68. The lowest BCUT2D eigenvalue weighted by atomic mass is 10.0. The van der Waals surface area contributed by atoms with Crippen molar-refractivity contribution in [3.05, 3.63) is 29.8 Å². The van der Waals surface area contributed by atoms with Crippen molar-refractivity contribution in [1.29, 1.82) is 0 Å². The molecule has 0 fully saturated rings. The summed E-state index contributed by atoms with van der Waals surface area (Å²) >= 11 is 0. The fourth-order valence-electron chi connectivity index (χ4n) is 1.90. The van der Waals surface area contributed by atoms with Gasteiger partial charge in [-0.05, 0) is 43.5 Å². The van der Waals surface area contributed by atoms with Crippen LogP contribution in [0.15, 0.2) is 24.3 Å². The molecule has 0 aliphatic rings. The predicted octanol–water partition coefficient (Wildman–Crippen LogP) is 2.32. The highest BCUT2D eigenvalue weighted by molar-refractivity contribution is 5.78. The number of nitrogens with one attached hydrogen (secondary N) is 1. The van der Waals surface area contributed by atoms with Gasteiger partial charge in [-0.3, -0.25) is 4.79 Å². The van der Waals surface area contributed by atoms with Gasteiger partial charge in [-0.25, -0.2) is 0 Å². The first-order chi connectivity index (χ1) is 10.0. The largest absolute Gasteiger partial charge is 0.435 e. The van der Waals surface area contributed by atoms with Crippen LogP contribution in [0.25, 0.3) is 0 Å². The summed E-state index contributed by atoms with van der Waals surface area (Å²) in [7, 11) is 0. The first-order valence-corrected chi connectivity index (χ1v) is 7.04. The molecular weight excluding hydrogens is 278 g/mol. The van der Waals surface area contributed by atoms with Crippen LogP contribution in [0, 0.1) is 5.92 Å². The second-order valence-electron chi connectivity index (χ2n) is 4.90. The minimum atomic E-state index is -2.81. The van der Waals surface area contributed by atoms with Gasteiger partial charge < -0.3 is 15.8 Å². The molecular formula is C15H22F2N2O2. The number of hydrogen-bond acceptors (Lipinski definition) is 3. The molecule has 6 heteroatoms. The van der Waals surface area contributed by atoms with Gasteiger partial charge in [-0.2, -0.15) is 8.78 Å². The third-order valence-electron chi connectivity index (χ3n) is 3.15. The maximum Gasteiger partial charge on any atom is 0.387 e. The van der Waals surface area contributed by atoms with Crippen molar-refractivity contribution < 1.29 is 18.3 Å². The molecule has 1 aromatic rings. The lowest BCUT2D eigenvalue weighted by molar-refractivity contribution is -0.124. The quantitative estimate of drug-likeness (QED) is 0.735. The highest BCUT2D eigenvalue weighted by Crippen LogP contribution is 2.15. The van der Waals surface area contributed by atoms with E-state index >= 15 is 0 Å². The molecule has 1 atom stereocenters. The topological polar surface area (TPSA) is 64.4 Å². The number of ether oxygens (including phenoxy) is 1. The SMILES string of the molecule is CC(CCCN)C(=O)NCCc1ccc(OC(F)F)cc1. The van der Waals surface area contributed by atoms with Gasteiger partial charge >= 0.3 is 6.61 Å². The number of carbonyl (C=O) groups excluding carboxylic acids is 1. The summed E-state index contributed by atoms with van der Waals surface area (Å²) in [6.45, 7) is 0.164. The standard InChI is InChI=1S/C15H22F2N2O2/c1-11(3-2-9-18)14(20)19-10-8-12-4-6-13(7-5-12)21-15(16)17/h4-7,11,15H,2-3,8-10,18H2,1H3,(H,19,20). The molecule has 118 valence electrons. The lowest BCUT2D eigenvalue weighted by Crippen LogP contribution is -2.31. The summed E-state index contributed by atoms with van der Waals surface area (Å²) in [6.07, 6.45) is 2.26. The molecule has 0 saturated carbocycles. The van der Waals surface area contributed by atoms with Crippen LogP contribution in [-0.4, -0.2) is 25.6 Å². The maximum absolute atomic E-state index is 12.0. The minimum Gasteiger partial charge on any atom is -0.435 e. The number of halogens is 2. The average molecular weight is 300 g/mol. The van der Waals surface area contributed by atoms with Crippen molar-refractivity contribution in [3.8, 4) is 5.75 Å². The first-order valence-electron chi connectivity index (χ1n) is 7.04. The minimum absolute atomic E-state index is 0.0149. The van der Waals surface area contributed by atoms with Crippen molar-refractivity contribution in [1.82, 2.24) is 5.32 Å². The van der Waals surface area contributed by atoms with E-state index in [-0.39, 0.29) is 17.6 Å². The average Bonchev–Trinajstić information content (AvgIpc) is 2.45. The normalized spacial score (nSPS) is 12.2. The Bertz CT molecular complexity index is 424. The molecule has 21 heavy (non-hydrogen) atoms. The van der Waals surface area contributed by atoms with Gasteiger partial charge in [0.25, 0.3) is 0 Å². The zero-order valence-corrected chi connectivity index (χ0v) is 12.1. The molecule has 1 aromatic carbocycles. The number of benzene rings is 1. The number of amides is 1. The predicted molar refractivity (Wildman–Crippen MR) is 77.2 cm³/mol. The van der Waals surface area contributed by atoms with Gasteiger partial charge in [0.2, 0.25) is 5.91 Å². The van der Waals surface area contributed by atoms with Crippen LogP contribution in [0.3, 0.4) is 0 Å². The van der Waals surface area contributed by atoms with Crippen LogP contribution in [-0.2, 0) is 11.2 Å². The number of rotatable bonds is 9. The van der Waals surface area contributed by atoms with E-state index in [2.05, 4.69) is 10.1 Å². The molecule has 0 aliphatic carbocycles. The number of carbonyl (C=O) groups is 1. The summed E-state index contributed by atoms with van der Waals surface area (Å²) in [5.41, 5.74) is 6.36. The van der Waals surface area contributed by atoms with Crippen molar-refractivity contribution in [2.24, 2.45) is 11.7 Å². The van der Waals surface area contributed by atoms with Gasteiger partial charge in [-0.15, -0.1) is 0 Å². The van der Waals surface area contributed by atoms with E-state index in [1.807, 2.05) is 6.92 Å². The smallest absolute Gasteiger partial charge is 0.387 e. The maximum atomic E-state index is 12.0. The Labute approximate surface area is 123 Å². The summed E-state index contributed by atoms with van der Waals surface area (Å²) < 4.78 is 28.3. The zero-order chi connectivity index (χ0) is 15.7. The third kappa shape index (κ3) is 7.04. The molecule has 0 aromatic heterocycles. The van der Waals surface area contributed by atoms with Crippen molar-refractivity contribution in [2.45, 2.75) is 32.8 Å². The van der Waals surface area contributed by atoms with Crippen LogP contribution in [0.1, 0.15) is 25.3 Å². The Morgan fingerprint density at radius 3 is 2.57 bits per heavy atom. The van der Waals surface area contributed by atoms with E-state index in [9.17, 15) is 13.6 Å². The summed E-state index contributed by atoms with van der Waals surface area (Å²) in [6, 6.07) is 6.41. The highest BCUT2D eigenvalue weighted by Gasteiger charge is 2.11. The van der Waals surface area contributed by atoms with E-state index in [1.165, 1.54) is 12.1 Å². The summed E-state index contributed by atoms with van der Waals surface area (Å²) in [4.78, 5) is 11.8. The van der Waals surface area contributed by atoms with Crippen LogP contribution < -0.4 is 15.8 Å². The lowest BCUT2D eigenvalue weighted by Gasteiger charge is -2.11. The molecule has 4 nitrogen and oxygen atoms in total. The summed E-state index contributed by atoms with van der Waals surface area (Å²) in [5.74, 6) is 0.102. The molecule has 0 radical (unpaired) electrons. The van der Waals surface area contributed by atoms with Gasteiger partial charge in [-0.1, -0.05) is 19.1 Å². The van der Waals surface area contributed by atoms with Crippen molar-refractivity contribution in [3.63, 3.8) is 0 Å². The fraction of sp³-hybridized carbons (Fsp3) is 0.533. The Morgan fingerprint density at radius 2 is 2.00 bits per heavy atom. The monoisotopic (exact) mass is 300 g/mol. The van der Waals surface area contributed by atoms with E-state index < -0.39 is 6.61 Å². The van der Waals surface area contributed by atoms with Crippen LogP contribution >= 0.6 is 0 Å². The van der Waals surface area contributed by atoms with E-state index in [0.717, 1.165) is 18.4 Å². The summed E-state index contributed by atoms with van der Waals surface area (Å²) in [5, 5.41) is 2.86. The Morgan fingerprint density at radius 1 is 1.33 bits per heavy atom. The zero-order valence-electron chi connectivity index (χ0n) is 12.1. The molecule has 0 saturated heterocycles. The van der Waals surface area contributed by atoms with E-state index in [4.69, 9.17) is 5.73 Å². The van der Waals surface area contributed by atoms with Crippen LogP contribution in [0.2, 0.25) is 0 Å². The number of alkyl halides is 2. The third-order valence-corrected chi connectivity index (χ3v) is 3.15. The van der Waals surface area contributed by atoms with Crippen LogP contribution in [0.4, 0.5) is 8.78 Å². The molecule has 0 heterocycles. The number of hydrogen-bond donors (Lipinski definition) is 2. The second kappa shape index (κ2) is 9.28. The Balaban J connectivity index is 2.30. The molecule has 1 rings (SSSR count). The molecule has 0 bridgehead atoms. The molecule has 3 N–H and O–H groups in total. The van der Waals surface area contributed by atoms with Crippen molar-refractivity contribution in [2.75, 3.05) is 13.1 Å². The van der Waals surface area contributed by atoms with Crippen LogP contribution in [0.5, 0.6) is 5.75 Å². The highest BCUT2D eigenvalue weighted by atomic mass is 19.3. The fourth-order valence-corrected chi connectivity index (χ4v) is 1.90. The second-order valence-corrected chi connectivity index (χ2v) is 4.90. The van der Waals surface area contributed by atoms with Crippen molar-refractivity contribution >= 4 is 5.91 Å². The van der Waals surface area contributed by atoms with Gasteiger partial charge in [0, 0.05) is 12.5 Å². The Hall–Kier alpha value is -1.69. The van der Waals surface area contributed by atoms with Gasteiger partial charge in [0.05, 0.1) is 0 Å². The molecule has 0 spiro atoms.